The summed E-state index contributed by atoms with van der Waals surface area (Å²) < 4.78 is 1.61. The zero-order chi connectivity index (χ0) is 18.2. The summed E-state index contributed by atoms with van der Waals surface area (Å²) >= 11 is 0. The Labute approximate surface area is 146 Å². The normalized spacial score (nSPS) is 21.4. The first-order chi connectivity index (χ1) is 11.8. The number of carbonyl (C=O) groups excluding carboxylic acids is 2. The van der Waals surface area contributed by atoms with Crippen LogP contribution in [0.1, 0.15) is 43.0 Å². The molecule has 2 fully saturated rings. The topological polar surface area (TPSA) is 95.7 Å². The van der Waals surface area contributed by atoms with Crippen LogP contribution in [0.25, 0.3) is 0 Å². The van der Waals surface area contributed by atoms with Gasteiger partial charge in [-0.05, 0) is 31.6 Å². The van der Waals surface area contributed by atoms with Gasteiger partial charge in [0.15, 0.2) is 0 Å². The maximum atomic E-state index is 12.5. The highest BCUT2D eigenvalue weighted by molar-refractivity contribution is 5.93. The van der Waals surface area contributed by atoms with Gasteiger partial charge in [-0.15, -0.1) is 0 Å². The summed E-state index contributed by atoms with van der Waals surface area (Å²) in [5.41, 5.74) is 0.502. The molecule has 1 unspecified atom stereocenters. The summed E-state index contributed by atoms with van der Waals surface area (Å²) in [5.74, 6) is -1.09. The second kappa shape index (κ2) is 6.50. The van der Waals surface area contributed by atoms with Crippen LogP contribution in [0.2, 0.25) is 0 Å². The van der Waals surface area contributed by atoms with Crippen LogP contribution in [0.3, 0.4) is 0 Å². The number of amides is 2. The molecule has 0 aliphatic carbocycles. The van der Waals surface area contributed by atoms with E-state index in [-0.39, 0.29) is 17.2 Å². The average Bonchev–Trinajstić information content (AvgIpc) is 3.03. The molecule has 0 bridgehead atoms. The number of likely N-dealkylation sites (tertiary alicyclic amines) is 2. The lowest BCUT2D eigenvalue weighted by Crippen LogP contribution is -2.55. The van der Waals surface area contributed by atoms with Gasteiger partial charge in [-0.1, -0.05) is 0 Å². The van der Waals surface area contributed by atoms with E-state index in [0.29, 0.717) is 31.6 Å². The van der Waals surface area contributed by atoms with Gasteiger partial charge in [0.1, 0.15) is 6.04 Å². The Morgan fingerprint density at radius 2 is 1.96 bits per heavy atom. The lowest BCUT2D eigenvalue weighted by molar-refractivity contribution is -0.154. The highest BCUT2D eigenvalue weighted by Crippen LogP contribution is 2.41. The first kappa shape index (κ1) is 17.4. The van der Waals surface area contributed by atoms with Crippen LogP contribution in [-0.2, 0) is 16.6 Å². The molecule has 2 aliphatic heterocycles. The number of aryl methyl sites for hydroxylation is 1. The van der Waals surface area contributed by atoms with E-state index < -0.39 is 12.0 Å². The molecule has 8 nitrogen and oxygen atoms in total. The fourth-order valence-corrected chi connectivity index (χ4v) is 3.84. The molecular weight excluding hydrogens is 324 g/mol. The van der Waals surface area contributed by atoms with E-state index in [1.54, 1.807) is 31.0 Å². The van der Waals surface area contributed by atoms with Gasteiger partial charge in [-0.25, -0.2) is 4.79 Å². The van der Waals surface area contributed by atoms with Gasteiger partial charge in [0.25, 0.3) is 5.91 Å². The molecule has 25 heavy (non-hydrogen) atoms. The molecule has 0 aromatic carbocycles. The minimum Gasteiger partial charge on any atom is -0.480 e. The monoisotopic (exact) mass is 348 g/mol. The zero-order valence-corrected chi connectivity index (χ0v) is 14.6. The number of carbonyl (C=O) groups is 3. The van der Waals surface area contributed by atoms with Crippen LogP contribution in [0.5, 0.6) is 0 Å². The Morgan fingerprint density at radius 1 is 1.28 bits per heavy atom. The number of piperidine rings is 2. The molecule has 2 saturated heterocycles. The fraction of sp³-hybridized carbons (Fsp3) is 0.647. The van der Waals surface area contributed by atoms with Crippen molar-refractivity contribution in [1.82, 2.24) is 19.6 Å². The maximum absolute atomic E-state index is 12.5. The lowest BCUT2D eigenvalue weighted by Gasteiger charge is -2.48. The van der Waals surface area contributed by atoms with Crippen molar-refractivity contribution in [2.45, 2.75) is 38.6 Å². The van der Waals surface area contributed by atoms with Crippen molar-refractivity contribution in [1.29, 1.82) is 0 Å². The quantitative estimate of drug-likeness (QED) is 0.869. The predicted molar refractivity (Wildman–Crippen MR) is 88.8 cm³/mol. The third-order valence-electron chi connectivity index (χ3n) is 5.58. The van der Waals surface area contributed by atoms with Crippen molar-refractivity contribution in [3.63, 3.8) is 0 Å². The Hall–Kier alpha value is -2.38. The van der Waals surface area contributed by atoms with Crippen LogP contribution < -0.4 is 0 Å². The highest BCUT2D eigenvalue weighted by atomic mass is 16.4. The molecule has 2 aliphatic rings. The highest BCUT2D eigenvalue weighted by Gasteiger charge is 2.44. The predicted octanol–water partition coefficient (Wildman–Crippen LogP) is 0.738. The number of hydrogen-bond acceptors (Lipinski definition) is 4. The SMILES string of the molecule is CC(C(=O)O)N1CC2(CCC1=O)CCN(C(=O)c1cnn(C)c1)CC2. The van der Waals surface area contributed by atoms with Crippen LogP contribution in [0, 0.1) is 5.41 Å². The molecule has 2 amide bonds. The number of carboxylic acids is 1. The van der Waals surface area contributed by atoms with Gasteiger partial charge < -0.3 is 14.9 Å². The summed E-state index contributed by atoms with van der Waals surface area (Å²) in [6.45, 7) is 3.27. The van der Waals surface area contributed by atoms with Gasteiger partial charge >= 0.3 is 5.97 Å². The molecule has 1 N–H and O–H groups in total. The van der Waals surface area contributed by atoms with Crippen LogP contribution in [-0.4, -0.2) is 68.1 Å². The molecule has 3 heterocycles. The van der Waals surface area contributed by atoms with E-state index in [9.17, 15) is 19.5 Å². The van der Waals surface area contributed by atoms with E-state index in [1.165, 1.54) is 4.90 Å². The van der Waals surface area contributed by atoms with Gasteiger partial charge in [-0.3, -0.25) is 14.3 Å². The van der Waals surface area contributed by atoms with E-state index in [2.05, 4.69) is 5.10 Å². The first-order valence-corrected chi connectivity index (χ1v) is 8.61. The zero-order valence-electron chi connectivity index (χ0n) is 14.6. The molecule has 1 aromatic heterocycles. The fourth-order valence-electron chi connectivity index (χ4n) is 3.84. The molecule has 0 saturated carbocycles. The van der Waals surface area contributed by atoms with Crippen molar-refractivity contribution in [3.8, 4) is 0 Å². The lowest BCUT2D eigenvalue weighted by atomic mass is 9.72. The average molecular weight is 348 g/mol. The summed E-state index contributed by atoms with van der Waals surface area (Å²) in [4.78, 5) is 39.2. The molecule has 3 rings (SSSR count). The standard InChI is InChI=1S/C17H24N4O4/c1-12(16(24)25)21-11-17(4-3-14(21)22)5-7-20(8-6-17)15(23)13-9-18-19(2)10-13/h9-10,12H,3-8,11H2,1-2H3,(H,24,25). The molecule has 1 aromatic rings. The van der Waals surface area contributed by atoms with Crippen LogP contribution in [0.15, 0.2) is 12.4 Å². The number of nitrogens with zero attached hydrogens (tertiary/aromatic N) is 4. The van der Waals surface area contributed by atoms with Gasteiger partial charge in [0.05, 0.1) is 11.8 Å². The minimum absolute atomic E-state index is 0.0226. The molecule has 136 valence electrons. The summed E-state index contributed by atoms with van der Waals surface area (Å²) in [5, 5.41) is 13.3. The molecule has 0 radical (unpaired) electrons. The first-order valence-electron chi connectivity index (χ1n) is 8.61. The number of aliphatic carboxylic acids is 1. The minimum atomic E-state index is -0.977. The Kier molecular flexibility index (Phi) is 4.53. The molecule has 1 atom stereocenters. The molecule has 1 spiro atoms. The summed E-state index contributed by atoms with van der Waals surface area (Å²) in [6.07, 6.45) is 6.01. The number of carboxylic acid groups (broad SMARTS) is 1. The number of rotatable bonds is 3. The summed E-state index contributed by atoms with van der Waals surface area (Å²) in [6, 6.07) is -0.806. The smallest absolute Gasteiger partial charge is 0.326 e. The Balaban J connectivity index is 1.65. The van der Waals surface area contributed by atoms with E-state index in [0.717, 1.165) is 19.3 Å². The second-order valence-electron chi connectivity index (χ2n) is 7.23. The molecular formula is C17H24N4O4. The third-order valence-corrected chi connectivity index (χ3v) is 5.58. The Morgan fingerprint density at radius 3 is 2.52 bits per heavy atom. The van der Waals surface area contributed by atoms with Crippen molar-refractivity contribution in [3.05, 3.63) is 18.0 Å². The number of aromatic nitrogens is 2. The van der Waals surface area contributed by atoms with Crippen molar-refractivity contribution < 1.29 is 19.5 Å². The van der Waals surface area contributed by atoms with Gasteiger partial charge in [0.2, 0.25) is 5.91 Å². The van der Waals surface area contributed by atoms with Crippen LogP contribution in [0.4, 0.5) is 0 Å². The molecule has 8 heteroatoms. The third kappa shape index (κ3) is 3.38. The van der Waals surface area contributed by atoms with Crippen LogP contribution >= 0.6 is 0 Å². The van der Waals surface area contributed by atoms with Crippen molar-refractivity contribution in [2.75, 3.05) is 19.6 Å². The van der Waals surface area contributed by atoms with Crippen molar-refractivity contribution >= 4 is 17.8 Å². The van der Waals surface area contributed by atoms with Crippen molar-refractivity contribution in [2.24, 2.45) is 12.5 Å². The van der Waals surface area contributed by atoms with E-state index in [1.807, 2.05) is 4.90 Å². The van der Waals surface area contributed by atoms with Gasteiger partial charge in [0, 0.05) is 39.3 Å². The maximum Gasteiger partial charge on any atom is 0.326 e. The van der Waals surface area contributed by atoms with E-state index >= 15 is 0 Å². The summed E-state index contributed by atoms with van der Waals surface area (Å²) in [7, 11) is 1.78. The number of hydrogen-bond donors (Lipinski definition) is 1. The second-order valence-corrected chi connectivity index (χ2v) is 7.23. The van der Waals surface area contributed by atoms with Gasteiger partial charge in [-0.2, -0.15) is 5.10 Å². The van der Waals surface area contributed by atoms with E-state index in [4.69, 9.17) is 0 Å². The Bertz CT molecular complexity index is 691. The largest absolute Gasteiger partial charge is 0.480 e.